The lowest BCUT2D eigenvalue weighted by atomic mass is 10.1. The molecule has 0 bridgehead atoms. The molecule has 0 spiro atoms. The van der Waals surface area contributed by atoms with E-state index in [2.05, 4.69) is 10.3 Å². The van der Waals surface area contributed by atoms with E-state index in [1.165, 1.54) is 28.8 Å². The van der Waals surface area contributed by atoms with Crippen LogP contribution < -0.4 is 10.9 Å². The molecule has 0 aliphatic heterocycles. The summed E-state index contributed by atoms with van der Waals surface area (Å²) in [6, 6.07) is 15.0. The molecule has 0 amide bonds. The standard InChI is InChI=1S/C22H18N6O3/c23-14-19-21(25-10-3-12-26-13-11-24-15-26)18-4-1-2-5-20(18)27(22(19)29)16-6-8-17(9-7-16)28(30)31/h1-2,4-9,11,13,15,25H,3,10,12H2. The van der Waals surface area contributed by atoms with Gasteiger partial charge in [0.05, 0.1) is 22.5 Å². The molecule has 0 saturated heterocycles. The number of nitrogens with zero attached hydrogens (tertiary/aromatic N) is 5. The number of nitrogens with one attached hydrogen (secondary N) is 1. The topological polar surface area (TPSA) is 119 Å². The van der Waals surface area contributed by atoms with E-state index < -0.39 is 10.5 Å². The number of nitro benzene ring substituents is 1. The van der Waals surface area contributed by atoms with Crippen molar-refractivity contribution in [2.75, 3.05) is 11.9 Å². The van der Waals surface area contributed by atoms with E-state index in [1.807, 2.05) is 29.0 Å². The van der Waals surface area contributed by atoms with E-state index in [0.29, 0.717) is 23.4 Å². The van der Waals surface area contributed by atoms with Gasteiger partial charge in [0.15, 0.2) is 0 Å². The van der Waals surface area contributed by atoms with Crippen LogP contribution in [0, 0.1) is 21.4 Å². The summed E-state index contributed by atoms with van der Waals surface area (Å²) in [4.78, 5) is 27.7. The summed E-state index contributed by atoms with van der Waals surface area (Å²) in [6.07, 6.45) is 6.11. The summed E-state index contributed by atoms with van der Waals surface area (Å²) < 4.78 is 3.37. The maximum absolute atomic E-state index is 13.2. The predicted octanol–water partition coefficient (Wildman–Crippen LogP) is 3.47. The second kappa shape index (κ2) is 8.51. The lowest BCUT2D eigenvalue weighted by Gasteiger charge is -2.16. The Morgan fingerprint density at radius 3 is 2.61 bits per heavy atom. The molecule has 0 fully saturated rings. The summed E-state index contributed by atoms with van der Waals surface area (Å²) in [6.45, 7) is 1.32. The van der Waals surface area contributed by atoms with Gasteiger partial charge in [-0.05, 0) is 24.6 Å². The Balaban J connectivity index is 1.75. The van der Waals surface area contributed by atoms with Crippen molar-refractivity contribution in [3.8, 4) is 11.8 Å². The number of nitriles is 1. The number of rotatable bonds is 7. The fourth-order valence-corrected chi connectivity index (χ4v) is 3.50. The Morgan fingerprint density at radius 2 is 1.94 bits per heavy atom. The molecular weight excluding hydrogens is 396 g/mol. The normalized spacial score (nSPS) is 10.7. The molecule has 2 heterocycles. The average molecular weight is 414 g/mol. The molecule has 2 aromatic heterocycles. The van der Waals surface area contributed by atoms with Crippen molar-refractivity contribution < 1.29 is 4.92 Å². The molecule has 0 aliphatic rings. The smallest absolute Gasteiger partial charge is 0.275 e. The molecule has 4 rings (SSSR count). The molecule has 0 atom stereocenters. The van der Waals surface area contributed by atoms with Crippen molar-refractivity contribution in [2.45, 2.75) is 13.0 Å². The summed E-state index contributed by atoms with van der Waals surface area (Å²) in [5, 5.41) is 24.7. The van der Waals surface area contributed by atoms with E-state index >= 15 is 0 Å². The highest BCUT2D eigenvalue weighted by Gasteiger charge is 2.18. The zero-order valence-electron chi connectivity index (χ0n) is 16.4. The Morgan fingerprint density at radius 1 is 1.16 bits per heavy atom. The van der Waals surface area contributed by atoms with Gasteiger partial charge in [-0.25, -0.2) is 4.98 Å². The van der Waals surface area contributed by atoms with E-state index in [0.717, 1.165) is 18.4 Å². The highest BCUT2D eigenvalue weighted by molar-refractivity contribution is 5.95. The number of aryl methyl sites for hydroxylation is 1. The monoisotopic (exact) mass is 414 g/mol. The first-order valence-corrected chi connectivity index (χ1v) is 9.62. The summed E-state index contributed by atoms with van der Waals surface area (Å²) in [7, 11) is 0. The van der Waals surface area contributed by atoms with Gasteiger partial charge < -0.3 is 9.88 Å². The second-order valence-corrected chi connectivity index (χ2v) is 6.87. The van der Waals surface area contributed by atoms with Crippen LogP contribution in [0.2, 0.25) is 0 Å². The van der Waals surface area contributed by atoms with Gasteiger partial charge in [0.2, 0.25) is 0 Å². The van der Waals surface area contributed by atoms with Gasteiger partial charge in [0, 0.05) is 48.7 Å². The molecule has 9 nitrogen and oxygen atoms in total. The first-order chi connectivity index (χ1) is 15.1. The van der Waals surface area contributed by atoms with Crippen LogP contribution in [-0.2, 0) is 6.54 Å². The van der Waals surface area contributed by atoms with Crippen molar-refractivity contribution in [3.05, 3.63) is 93.3 Å². The third-order valence-electron chi connectivity index (χ3n) is 4.97. The zero-order valence-corrected chi connectivity index (χ0v) is 16.4. The number of para-hydroxylation sites is 1. The van der Waals surface area contributed by atoms with Gasteiger partial charge in [0.1, 0.15) is 11.6 Å². The summed E-state index contributed by atoms with van der Waals surface area (Å²) in [5.41, 5.74) is 1.00. The van der Waals surface area contributed by atoms with Crippen molar-refractivity contribution in [1.82, 2.24) is 14.1 Å². The average Bonchev–Trinajstić information content (AvgIpc) is 3.30. The maximum Gasteiger partial charge on any atom is 0.275 e. The molecule has 9 heteroatoms. The molecule has 0 aliphatic carbocycles. The number of anilines is 1. The number of pyridine rings is 1. The minimum Gasteiger partial charge on any atom is -0.383 e. The summed E-state index contributed by atoms with van der Waals surface area (Å²) in [5.74, 6) is 0. The van der Waals surface area contributed by atoms with Crippen LogP contribution in [-0.4, -0.2) is 25.6 Å². The van der Waals surface area contributed by atoms with Gasteiger partial charge in [-0.2, -0.15) is 5.26 Å². The molecule has 1 N–H and O–H groups in total. The minimum atomic E-state index is -0.498. The van der Waals surface area contributed by atoms with Crippen LogP contribution in [0.25, 0.3) is 16.6 Å². The number of benzene rings is 2. The first kappa shape index (κ1) is 19.8. The number of imidazole rings is 1. The van der Waals surface area contributed by atoms with Crippen LogP contribution in [0.15, 0.2) is 72.0 Å². The van der Waals surface area contributed by atoms with E-state index in [4.69, 9.17) is 0 Å². The van der Waals surface area contributed by atoms with Crippen molar-refractivity contribution in [3.63, 3.8) is 0 Å². The Kier molecular flexibility index (Phi) is 5.45. The maximum atomic E-state index is 13.2. The van der Waals surface area contributed by atoms with Gasteiger partial charge >= 0.3 is 0 Å². The molecule has 154 valence electrons. The fourth-order valence-electron chi connectivity index (χ4n) is 3.50. The molecule has 0 unspecified atom stereocenters. The predicted molar refractivity (Wildman–Crippen MR) is 116 cm³/mol. The van der Waals surface area contributed by atoms with Crippen molar-refractivity contribution >= 4 is 22.3 Å². The largest absolute Gasteiger partial charge is 0.383 e. The highest BCUT2D eigenvalue weighted by Crippen LogP contribution is 2.27. The van der Waals surface area contributed by atoms with Gasteiger partial charge in [0.25, 0.3) is 11.2 Å². The molecule has 4 aromatic rings. The van der Waals surface area contributed by atoms with Crippen LogP contribution in [0.3, 0.4) is 0 Å². The Labute approximate surface area is 177 Å². The Hall–Kier alpha value is -4.45. The number of hydrogen-bond acceptors (Lipinski definition) is 6. The number of fused-ring (bicyclic) bond motifs is 1. The summed E-state index contributed by atoms with van der Waals surface area (Å²) >= 11 is 0. The van der Waals surface area contributed by atoms with Crippen LogP contribution in [0.5, 0.6) is 0 Å². The lowest BCUT2D eigenvalue weighted by molar-refractivity contribution is -0.384. The second-order valence-electron chi connectivity index (χ2n) is 6.87. The van der Waals surface area contributed by atoms with Crippen LogP contribution >= 0.6 is 0 Å². The minimum absolute atomic E-state index is 0.000293. The first-order valence-electron chi connectivity index (χ1n) is 9.62. The lowest BCUT2D eigenvalue weighted by Crippen LogP contribution is -2.24. The SMILES string of the molecule is N#Cc1c(NCCCn2ccnc2)c2ccccc2n(-c2ccc([N+](=O)[O-])cc2)c1=O. The highest BCUT2D eigenvalue weighted by atomic mass is 16.6. The van der Waals surface area contributed by atoms with Gasteiger partial charge in [-0.3, -0.25) is 19.5 Å². The van der Waals surface area contributed by atoms with E-state index in [1.54, 1.807) is 24.7 Å². The van der Waals surface area contributed by atoms with E-state index in [-0.39, 0.29) is 11.3 Å². The van der Waals surface area contributed by atoms with Crippen molar-refractivity contribution in [2.24, 2.45) is 0 Å². The number of hydrogen-bond donors (Lipinski definition) is 1. The molecule has 0 radical (unpaired) electrons. The fraction of sp³-hybridized carbons (Fsp3) is 0.136. The number of non-ortho nitro benzene ring substituents is 1. The number of aromatic nitrogens is 3. The third kappa shape index (κ3) is 3.86. The number of nitro groups is 1. The van der Waals surface area contributed by atoms with Gasteiger partial charge in [-0.15, -0.1) is 0 Å². The van der Waals surface area contributed by atoms with Gasteiger partial charge in [-0.1, -0.05) is 18.2 Å². The molecular formula is C22H18N6O3. The Bertz CT molecular complexity index is 1330. The van der Waals surface area contributed by atoms with Crippen LogP contribution in [0.1, 0.15) is 12.0 Å². The molecule has 2 aromatic carbocycles. The third-order valence-corrected chi connectivity index (χ3v) is 4.97. The van der Waals surface area contributed by atoms with Crippen LogP contribution in [0.4, 0.5) is 11.4 Å². The molecule has 31 heavy (non-hydrogen) atoms. The quantitative estimate of drug-likeness (QED) is 0.281. The zero-order chi connectivity index (χ0) is 21.8. The van der Waals surface area contributed by atoms with E-state index in [9.17, 15) is 20.2 Å². The van der Waals surface area contributed by atoms with Crippen molar-refractivity contribution in [1.29, 1.82) is 5.26 Å². The molecule has 0 saturated carbocycles.